The van der Waals surface area contributed by atoms with Gasteiger partial charge in [-0.1, -0.05) is 24.7 Å². The number of nitro groups is 1. The fraction of sp³-hybridized carbons (Fsp3) is 0.455. The van der Waals surface area contributed by atoms with E-state index >= 15 is 0 Å². The standard InChI is InChI=1S/C11H14N2O5S/c1-2-3-7(11(15)16)6-12-10(14)8-4-5-9(19-8)13(17)18/h4-5,7H,2-3,6H2,1H3,(H,12,14)(H,15,16). The lowest BCUT2D eigenvalue weighted by atomic mass is 10.0. The van der Waals surface area contributed by atoms with E-state index in [1.807, 2.05) is 6.92 Å². The second-order valence-corrected chi connectivity index (χ2v) is 4.99. The van der Waals surface area contributed by atoms with Crippen LogP contribution >= 0.6 is 11.3 Å². The van der Waals surface area contributed by atoms with Gasteiger partial charge in [-0.25, -0.2) is 0 Å². The van der Waals surface area contributed by atoms with Crippen LogP contribution in [0.25, 0.3) is 0 Å². The molecule has 1 amide bonds. The Morgan fingerprint density at radius 3 is 2.68 bits per heavy atom. The van der Waals surface area contributed by atoms with Crippen LogP contribution < -0.4 is 5.32 Å². The number of aliphatic carboxylic acids is 1. The van der Waals surface area contributed by atoms with Gasteiger partial charge in [-0.2, -0.15) is 0 Å². The van der Waals surface area contributed by atoms with E-state index in [1.165, 1.54) is 12.1 Å². The van der Waals surface area contributed by atoms with Crippen molar-refractivity contribution in [2.24, 2.45) is 5.92 Å². The van der Waals surface area contributed by atoms with Gasteiger partial charge in [-0.05, 0) is 12.5 Å². The third kappa shape index (κ3) is 4.32. The summed E-state index contributed by atoms with van der Waals surface area (Å²) in [5.41, 5.74) is 0. The molecule has 0 aliphatic carbocycles. The van der Waals surface area contributed by atoms with E-state index in [-0.39, 0.29) is 16.4 Å². The molecule has 0 aliphatic heterocycles. The van der Waals surface area contributed by atoms with Gasteiger partial charge in [-0.3, -0.25) is 19.7 Å². The van der Waals surface area contributed by atoms with Gasteiger partial charge in [0.25, 0.3) is 5.91 Å². The number of carbonyl (C=O) groups excluding carboxylic acids is 1. The van der Waals surface area contributed by atoms with Crippen molar-refractivity contribution in [2.75, 3.05) is 6.54 Å². The van der Waals surface area contributed by atoms with Crippen LogP contribution in [-0.4, -0.2) is 28.5 Å². The first-order valence-electron chi connectivity index (χ1n) is 5.71. The molecule has 1 aromatic heterocycles. The van der Waals surface area contributed by atoms with Crippen LogP contribution in [0.4, 0.5) is 5.00 Å². The number of carboxylic acids is 1. The summed E-state index contributed by atoms with van der Waals surface area (Å²) >= 11 is 0.764. The Labute approximate surface area is 113 Å². The summed E-state index contributed by atoms with van der Waals surface area (Å²) in [5.74, 6) is -2.08. The number of nitrogens with one attached hydrogen (secondary N) is 1. The minimum Gasteiger partial charge on any atom is -0.481 e. The van der Waals surface area contributed by atoms with Crippen molar-refractivity contribution in [2.45, 2.75) is 19.8 Å². The third-order valence-corrected chi connectivity index (χ3v) is 3.53. The molecule has 7 nitrogen and oxygen atoms in total. The van der Waals surface area contributed by atoms with E-state index in [4.69, 9.17) is 5.11 Å². The van der Waals surface area contributed by atoms with Crippen molar-refractivity contribution in [3.05, 3.63) is 27.1 Å². The van der Waals surface area contributed by atoms with Gasteiger partial charge in [0, 0.05) is 12.6 Å². The number of hydrogen-bond acceptors (Lipinski definition) is 5. The number of hydrogen-bond donors (Lipinski definition) is 2. The Hall–Kier alpha value is -1.96. The summed E-state index contributed by atoms with van der Waals surface area (Å²) in [6.07, 6.45) is 1.18. The molecule has 1 heterocycles. The Morgan fingerprint density at radius 2 is 2.21 bits per heavy atom. The number of carboxylic acid groups (broad SMARTS) is 1. The first kappa shape index (κ1) is 15.1. The second-order valence-electron chi connectivity index (χ2n) is 3.93. The fourth-order valence-electron chi connectivity index (χ4n) is 1.51. The number of amides is 1. The maximum absolute atomic E-state index is 11.7. The van der Waals surface area contributed by atoms with Crippen LogP contribution in [0.1, 0.15) is 29.4 Å². The topological polar surface area (TPSA) is 110 Å². The third-order valence-electron chi connectivity index (χ3n) is 2.49. The van der Waals surface area contributed by atoms with Crippen LogP contribution in [-0.2, 0) is 4.79 Å². The minimum absolute atomic E-state index is 0.0215. The van der Waals surface area contributed by atoms with E-state index in [0.29, 0.717) is 12.8 Å². The van der Waals surface area contributed by atoms with E-state index in [1.54, 1.807) is 0 Å². The smallest absolute Gasteiger partial charge is 0.324 e. The normalized spacial score (nSPS) is 11.8. The summed E-state index contributed by atoms with van der Waals surface area (Å²) < 4.78 is 0. The monoisotopic (exact) mass is 286 g/mol. The van der Waals surface area contributed by atoms with Gasteiger partial charge in [0.15, 0.2) is 0 Å². The van der Waals surface area contributed by atoms with Crippen LogP contribution in [0.3, 0.4) is 0 Å². The summed E-state index contributed by atoms with van der Waals surface area (Å²) in [5, 5.41) is 21.8. The predicted molar refractivity (Wildman–Crippen MR) is 69.3 cm³/mol. The van der Waals surface area contributed by atoms with Gasteiger partial charge < -0.3 is 10.4 Å². The number of thiophene rings is 1. The van der Waals surface area contributed by atoms with Crippen molar-refractivity contribution in [3.63, 3.8) is 0 Å². The Kier molecular flexibility index (Phi) is 5.43. The summed E-state index contributed by atoms with van der Waals surface area (Å²) in [6.45, 7) is 1.88. The molecule has 0 saturated heterocycles. The first-order valence-corrected chi connectivity index (χ1v) is 6.52. The SMILES string of the molecule is CCCC(CNC(=O)c1ccc([N+](=O)[O-])s1)C(=O)O. The second kappa shape index (κ2) is 6.83. The molecule has 0 saturated carbocycles. The average molecular weight is 286 g/mol. The highest BCUT2D eigenvalue weighted by molar-refractivity contribution is 7.17. The predicted octanol–water partition coefficient (Wildman–Crippen LogP) is 1.89. The molecule has 1 atom stereocenters. The molecular weight excluding hydrogens is 272 g/mol. The Balaban J connectivity index is 2.58. The van der Waals surface area contributed by atoms with Crippen molar-refractivity contribution < 1.29 is 19.6 Å². The zero-order valence-electron chi connectivity index (χ0n) is 10.3. The lowest BCUT2D eigenvalue weighted by Gasteiger charge is -2.11. The van der Waals surface area contributed by atoms with Gasteiger partial charge in [0.1, 0.15) is 0 Å². The van der Waals surface area contributed by atoms with Crippen molar-refractivity contribution in [3.8, 4) is 0 Å². The molecule has 0 bridgehead atoms. The number of rotatable bonds is 7. The van der Waals surface area contributed by atoms with E-state index in [2.05, 4.69) is 5.32 Å². The largest absolute Gasteiger partial charge is 0.481 e. The molecule has 2 N–H and O–H groups in total. The summed E-state index contributed by atoms with van der Waals surface area (Å²) in [6, 6.07) is 2.61. The van der Waals surface area contributed by atoms with Crippen molar-refractivity contribution >= 4 is 28.2 Å². The fourth-order valence-corrected chi connectivity index (χ4v) is 2.25. The summed E-state index contributed by atoms with van der Waals surface area (Å²) in [7, 11) is 0. The Bertz CT molecular complexity index is 485. The average Bonchev–Trinajstić information content (AvgIpc) is 2.83. The molecule has 19 heavy (non-hydrogen) atoms. The van der Waals surface area contributed by atoms with E-state index in [0.717, 1.165) is 11.3 Å². The lowest BCUT2D eigenvalue weighted by molar-refractivity contribution is -0.380. The van der Waals surface area contributed by atoms with Crippen molar-refractivity contribution in [1.29, 1.82) is 0 Å². The van der Waals surface area contributed by atoms with Crippen LogP contribution in [0.5, 0.6) is 0 Å². The minimum atomic E-state index is -0.959. The molecule has 104 valence electrons. The van der Waals surface area contributed by atoms with Crippen molar-refractivity contribution in [1.82, 2.24) is 5.32 Å². The molecule has 0 spiro atoms. The number of nitrogens with zero attached hydrogens (tertiary/aromatic N) is 1. The molecule has 0 fully saturated rings. The molecule has 1 unspecified atom stereocenters. The molecule has 8 heteroatoms. The van der Waals surface area contributed by atoms with E-state index < -0.39 is 22.7 Å². The molecule has 0 aliphatic rings. The highest BCUT2D eigenvalue weighted by Crippen LogP contribution is 2.23. The molecular formula is C11H14N2O5S. The van der Waals surface area contributed by atoms with Gasteiger partial charge >= 0.3 is 11.0 Å². The van der Waals surface area contributed by atoms with Gasteiger partial charge in [0.05, 0.1) is 15.7 Å². The quantitative estimate of drug-likeness (QED) is 0.587. The maximum Gasteiger partial charge on any atom is 0.324 e. The highest BCUT2D eigenvalue weighted by Gasteiger charge is 2.19. The molecule has 0 aromatic carbocycles. The van der Waals surface area contributed by atoms with Gasteiger partial charge in [-0.15, -0.1) is 0 Å². The molecule has 0 radical (unpaired) electrons. The number of carbonyl (C=O) groups is 2. The van der Waals surface area contributed by atoms with Gasteiger partial charge in [0.2, 0.25) is 0 Å². The first-order chi connectivity index (χ1) is 8.95. The van der Waals surface area contributed by atoms with Crippen LogP contribution in [0.2, 0.25) is 0 Å². The zero-order chi connectivity index (χ0) is 14.4. The Morgan fingerprint density at radius 1 is 1.53 bits per heavy atom. The zero-order valence-corrected chi connectivity index (χ0v) is 11.1. The highest BCUT2D eigenvalue weighted by atomic mass is 32.1. The maximum atomic E-state index is 11.7. The lowest BCUT2D eigenvalue weighted by Crippen LogP contribution is -2.32. The van der Waals surface area contributed by atoms with Crippen LogP contribution in [0.15, 0.2) is 12.1 Å². The molecule has 1 rings (SSSR count). The summed E-state index contributed by atoms with van der Waals surface area (Å²) in [4.78, 5) is 32.7. The van der Waals surface area contributed by atoms with Crippen LogP contribution in [0, 0.1) is 16.0 Å². The molecule has 1 aromatic rings. The van der Waals surface area contributed by atoms with E-state index in [9.17, 15) is 19.7 Å².